The van der Waals surface area contributed by atoms with Gasteiger partial charge in [0.2, 0.25) is 5.82 Å². The Balaban J connectivity index is 1.96. The van der Waals surface area contributed by atoms with Crippen LogP contribution in [-0.2, 0) is 0 Å². The number of nitro groups is 1. The Morgan fingerprint density at radius 2 is 1.88 bits per heavy atom. The molecular weight excluding hydrogens is 342 g/mol. The summed E-state index contributed by atoms with van der Waals surface area (Å²) in [4.78, 5) is 24.2. The highest BCUT2D eigenvalue weighted by Gasteiger charge is 2.26. The number of hydrogen-bond acceptors (Lipinski definition) is 8. The first-order valence-electron chi connectivity index (χ1n) is 7.39. The second-order valence-corrected chi connectivity index (χ2v) is 6.54. The van der Waals surface area contributed by atoms with E-state index in [1.807, 2.05) is 32.9 Å². The Hall–Kier alpha value is -3.07. The van der Waals surface area contributed by atoms with Crippen molar-refractivity contribution < 1.29 is 9.66 Å². The van der Waals surface area contributed by atoms with Gasteiger partial charge in [0.05, 0.1) is 10.6 Å². The van der Waals surface area contributed by atoms with Crippen molar-refractivity contribution in [3.8, 4) is 11.6 Å². The van der Waals surface area contributed by atoms with Crippen LogP contribution < -0.4 is 10.1 Å². The maximum atomic E-state index is 11.5. The van der Waals surface area contributed by atoms with Crippen molar-refractivity contribution >= 4 is 28.0 Å². The van der Waals surface area contributed by atoms with Gasteiger partial charge in [0, 0.05) is 4.88 Å². The van der Waals surface area contributed by atoms with Gasteiger partial charge >= 0.3 is 11.6 Å². The molecule has 25 heavy (non-hydrogen) atoms. The highest BCUT2D eigenvalue weighted by Crippen LogP contribution is 2.36. The number of nitrogens with zero attached hydrogens (tertiary/aromatic N) is 4. The Kier molecular flexibility index (Phi) is 4.57. The number of anilines is 2. The zero-order valence-corrected chi connectivity index (χ0v) is 14.6. The van der Waals surface area contributed by atoms with Crippen LogP contribution in [-0.4, -0.2) is 19.9 Å². The van der Waals surface area contributed by atoms with Crippen molar-refractivity contribution in [3.05, 3.63) is 56.8 Å². The molecule has 1 N–H and O–H groups in total. The van der Waals surface area contributed by atoms with E-state index in [9.17, 15) is 10.1 Å². The molecule has 8 nitrogen and oxygen atoms in total. The molecule has 9 heteroatoms. The average Bonchev–Trinajstić information content (AvgIpc) is 2.87. The molecule has 2 aromatic heterocycles. The summed E-state index contributed by atoms with van der Waals surface area (Å²) < 4.78 is 5.58. The van der Waals surface area contributed by atoms with Gasteiger partial charge in [-0.1, -0.05) is 17.7 Å². The fourth-order valence-corrected chi connectivity index (χ4v) is 2.85. The molecule has 0 aliphatic heterocycles. The zero-order chi connectivity index (χ0) is 18.0. The first-order valence-corrected chi connectivity index (χ1v) is 8.20. The third-order valence-corrected chi connectivity index (χ3v) is 4.45. The third-order valence-electron chi connectivity index (χ3n) is 3.46. The summed E-state index contributed by atoms with van der Waals surface area (Å²) in [7, 11) is 0. The van der Waals surface area contributed by atoms with Crippen molar-refractivity contribution in [1.29, 1.82) is 0 Å². The molecule has 0 aliphatic rings. The smallest absolute Gasteiger partial charge is 0.373 e. The molecule has 2 heterocycles. The minimum absolute atomic E-state index is 0.0378. The van der Waals surface area contributed by atoms with Crippen molar-refractivity contribution in [3.63, 3.8) is 0 Å². The molecule has 128 valence electrons. The highest BCUT2D eigenvalue weighted by molar-refractivity contribution is 7.15. The fraction of sp³-hybridized carbons (Fsp3) is 0.188. The lowest BCUT2D eigenvalue weighted by Crippen LogP contribution is -2.03. The van der Waals surface area contributed by atoms with Gasteiger partial charge in [0.15, 0.2) is 5.13 Å². The molecule has 0 saturated carbocycles. The minimum atomic E-state index is -0.570. The van der Waals surface area contributed by atoms with E-state index >= 15 is 0 Å². The van der Waals surface area contributed by atoms with Gasteiger partial charge in [-0.05, 0) is 32.9 Å². The number of thiazole rings is 1. The normalized spacial score (nSPS) is 10.5. The van der Waals surface area contributed by atoms with Crippen LogP contribution in [0.2, 0.25) is 0 Å². The van der Waals surface area contributed by atoms with Crippen LogP contribution in [0.5, 0.6) is 11.6 Å². The Bertz CT molecular complexity index is 905. The SMILES string of the molecule is Cc1ccc(Oc2ncnc(Nc3nc(C)c(C)s3)c2[N+](=O)[O-])cc1. The van der Waals surface area contributed by atoms with Crippen LogP contribution in [0.25, 0.3) is 0 Å². The maximum absolute atomic E-state index is 11.5. The van der Waals surface area contributed by atoms with E-state index in [4.69, 9.17) is 4.74 Å². The van der Waals surface area contributed by atoms with E-state index in [1.54, 1.807) is 12.1 Å². The Morgan fingerprint density at radius 3 is 2.48 bits per heavy atom. The van der Waals surface area contributed by atoms with Gasteiger partial charge in [-0.15, -0.1) is 11.3 Å². The monoisotopic (exact) mass is 357 g/mol. The summed E-state index contributed by atoms with van der Waals surface area (Å²) in [5.74, 6) is 0.367. The number of aromatic nitrogens is 3. The molecule has 1 aromatic carbocycles. The fourth-order valence-electron chi connectivity index (χ4n) is 2.04. The van der Waals surface area contributed by atoms with E-state index in [0.29, 0.717) is 10.9 Å². The molecule has 0 saturated heterocycles. The minimum Gasteiger partial charge on any atom is -0.434 e. The molecule has 0 aliphatic carbocycles. The molecule has 0 radical (unpaired) electrons. The van der Waals surface area contributed by atoms with Crippen LogP contribution in [0.15, 0.2) is 30.6 Å². The van der Waals surface area contributed by atoms with Crippen LogP contribution in [0.3, 0.4) is 0 Å². The summed E-state index contributed by atoms with van der Waals surface area (Å²) in [5.41, 5.74) is 1.58. The van der Waals surface area contributed by atoms with E-state index in [2.05, 4.69) is 20.3 Å². The Labute approximate surface area is 147 Å². The predicted molar refractivity (Wildman–Crippen MR) is 94.8 cm³/mol. The molecule has 0 atom stereocenters. The molecule has 0 unspecified atom stereocenters. The van der Waals surface area contributed by atoms with Gasteiger partial charge in [0.1, 0.15) is 12.1 Å². The number of rotatable bonds is 5. The molecule has 3 rings (SSSR count). The predicted octanol–water partition coefficient (Wildman–Crippen LogP) is 4.30. The maximum Gasteiger partial charge on any atom is 0.373 e. The van der Waals surface area contributed by atoms with Gasteiger partial charge in [0.25, 0.3) is 0 Å². The molecule has 0 fully saturated rings. The lowest BCUT2D eigenvalue weighted by atomic mass is 10.2. The number of ether oxygens (including phenoxy) is 1. The molecular formula is C16H15N5O3S. The molecule has 0 bridgehead atoms. The van der Waals surface area contributed by atoms with Crippen molar-refractivity contribution in [1.82, 2.24) is 15.0 Å². The van der Waals surface area contributed by atoms with Crippen molar-refractivity contribution in [2.24, 2.45) is 0 Å². The van der Waals surface area contributed by atoms with Gasteiger partial charge in [-0.2, -0.15) is 4.98 Å². The van der Waals surface area contributed by atoms with Crippen molar-refractivity contribution in [2.75, 3.05) is 5.32 Å². The third kappa shape index (κ3) is 3.72. The number of nitrogens with one attached hydrogen (secondary N) is 1. The van der Waals surface area contributed by atoms with E-state index in [-0.39, 0.29) is 17.4 Å². The van der Waals surface area contributed by atoms with Gasteiger partial charge in [-0.3, -0.25) is 10.1 Å². The van der Waals surface area contributed by atoms with E-state index in [1.165, 1.54) is 17.7 Å². The van der Waals surface area contributed by atoms with Crippen LogP contribution in [0.1, 0.15) is 16.1 Å². The van der Waals surface area contributed by atoms with Gasteiger partial charge < -0.3 is 10.1 Å². The first-order chi connectivity index (χ1) is 11.9. The highest BCUT2D eigenvalue weighted by atomic mass is 32.1. The number of benzene rings is 1. The topological polar surface area (TPSA) is 103 Å². The quantitative estimate of drug-likeness (QED) is 0.536. The summed E-state index contributed by atoms with van der Waals surface area (Å²) >= 11 is 1.40. The summed E-state index contributed by atoms with van der Waals surface area (Å²) in [6.07, 6.45) is 1.21. The number of hydrogen-bond donors (Lipinski definition) is 1. The van der Waals surface area contributed by atoms with Gasteiger partial charge in [-0.25, -0.2) is 9.97 Å². The summed E-state index contributed by atoms with van der Waals surface area (Å²) in [6, 6.07) is 7.15. The zero-order valence-electron chi connectivity index (χ0n) is 13.8. The standard InChI is InChI=1S/C16H15N5O3S/c1-9-4-6-12(7-5-9)24-15-13(21(22)23)14(17-8-18-15)20-16-19-10(2)11(3)25-16/h4-8H,1-3H3,(H,17,18,19,20). The summed E-state index contributed by atoms with van der Waals surface area (Å²) in [5, 5.41) is 14.9. The van der Waals surface area contributed by atoms with Crippen LogP contribution in [0, 0.1) is 30.9 Å². The number of aryl methyl sites for hydroxylation is 3. The van der Waals surface area contributed by atoms with E-state index in [0.717, 1.165) is 16.1 Å². The van der Waals surface area contributed by atoms with Crippen LogP contribution >= 0.6 is 11.3 Å². The lowest BCUT2D eigenvalue weighted by molar-refractivity contribution is -0.385. The van der Waals surface area contributed by atoms with Crippen LogP contribution in [0.4, 0.5) is 16.6 Å². The second-order valence-electron chi connectivity index (χ2n) is 5.33. The lowest BCUT2D eigenvalue weighted by Gasteiger charge is -2.08. The second kappa shape index (κ2) is 6.81. The molecule has 0 spiro atoms. The molecule has 0 amide bonds. The van der Waals surface area contributed by atoms with E-state index < -0.39 is 4.92 Å². The first kappa shape index (κ1) is 16.8. The van der Waals surface area contributed by atoms with Crippen molar-refractivity contribution in [2.45, 2.75) is 20.8 Å². The summed E-state index contributed by atoms with van der Waals surface area (Å²) in [6.45, 7) is 5.74. The Morgan fingerprint density at radius 1 is 1.16 bits per heavy atom. The molecule has 3 aromatic rings. The average molecular weight is 357 g/mol. The largest absolute Gasteiger partial charge is 0.434 e.